The SMILES string of the molecule is COC(=O)c1cc(Nc2cccc(F)c2)ccc1N. The van der Waals surface area contributed by atoms with Gasteiger partial charge in [0.25, 0.3) is 0 Å². The van der Waals surface area contributed by atoms with Crippen molar-refractivity contribution < 1.29 is 13.9 Å². The van der Waals surface area contributed by atoms with E-state index >= 15 is 0 Å². The molecule has 2 rings (SSSR count). The lowest BCUT2D eigenvalue weighted by Crippen LogP contribution is -2.06. The molecule has 3 N–H and O–H groups in total. The molecule has 2 aromatic rings. The van der Waals surface area contributed by atoms with E-state index in [1.807, 2.05) is 0 Å². The van der Waals surface area contributed by atoms with Gasteiger partial charge in [0, 0.05) is 17.1 Å². The number of benzene rings is 2. The maximum absolute atomic E-state index is 13.1. The molecule has 0 unspecified atom stereocenters. The fourth-order valence-electron chi connectivity index (χ4n) is 1.65. The number of halogens is 1. The summed E-state index contributed by atoms with van der Waals surface area (Å²) in [6.07, 6.45) is 0. The summed E-state index contributed by atoms with van der Waals surface area (Å²) in [5, 5.41) is 2.99. The van der Waals surface area contributed by atoms with Crippen LogP contribution in [0.15, 0.2) is 42.5 Å². The van der Waals surface area contributed by atoms with Gasteiger partial charge in [-0.25, -0.2) is 9.18 Å². The van der Waals surface area contributed by atoms with Gasteiger partial charge in [-0.3, -0.25) is 0 Å². The van der Waals surface area contributed by atoms with Gasteiger partial charge in [-0.2, -0.15) is 0 Å². The maximum Gasteiger partial charge on any atom is 0.340 e. The number of nitrogens with two attached hydrogens (primary N) is 1. The highest BCUT2D eigenvalue weighted by Crippen LogP contribution is 2.22. The maximum atomic E-state index is 13.1. The minimum Gasteiger partial charge on any atom is -0.465 e. The van der Waals surface area contributed by atoms with Crippen molar-refractivity contribution in [2.24, 2.45) is 0 Å². The first-order chi connectivity index (χ1) is 9.10. The van der Waals surface area contributed by atoms with Gasteiger partial charge in [-0.15, -0.1) is 0 Å². The first-order valence-corrected chi connectivity index (χ1v) is 5.60. The van der Waals surface area contributed by atoms with Gasteiger partial charge in [0.2, 0.25) is 0 Å². The number of carbonyl (C=O) groups is 1. The topological polar surface area (TPSA) is 64.3 Å². The Morgan fingerprint density at radius 1 is 1.21 bits per heavy atom. The Labute approximate surface area is 110 Å². The summed E-state index contributed by atoms with van der Waals surface area (Å²) in [5.74, 6) is -0.853. The highest BCUT2D eigenvalue weighted by molar-refractivity contribution is 5.96. The number of methoxy groups -OCH3 is 1. The molecule has 0 saturated carbocycles. The van der Waals surface area contributed by atoms with Crippen molar-refractivity contribution in [2.45, 2.75) is 0 Å². The van der Waals surface area contributed by atoms with Crippen LogP contribution in [0.3, 0.4) is 0 Å². The van der Waals surface area contributed by atoms with E-state index in [0.717, 1.165) is 0 Å². The molecule has 0 saturated heterocycles. The lowest BCUT2D eigenvalue weighted by atomic mass is 10.1. The number of nitrogen functional groups attached to an aromatic ring is 1. The normalized spacial score (nSPS) is 10.0. The van der Waals surface area contributed by atoms with Crippen LogP contribution in [0.5, 0.6) is 0 Å². The molecular formula is C14H13FN2O2. The van der Waals surface area contributed by atoms with Gasteiger partial charge >= 0.3 is 5.97 Å². The zero-order valence-corrected chi connectivity index (χ0v) is 10.3. The second kappa shape index (κ2) is 5.39. The molecule has 0 aliphatic rings. The molecule has 2 aromatic carbocycles. The number of ether oxygens (including phenoxy) is 1. The van der Waals surface area contributed by atoms with Crippen LogP contribution in [-0.2, 0) is 4.74 Å². The zero-order chi connectivity index (χ0) is 13.8. The average Bonchev–Trinajstić information content (AvgIpc) is 2.40. The van der Waals surface area contributed by atoms with E-state index in [-0.39, 0.29) is 11.4 Å². The predicted molar refractivity (Wildman–Crippen MR) is 71.9 cm³/mol. The minimum absolute atomic E-state index is 0.268. The Morgan fingerprint density at radius 3 is 2.63 bits per heavy atom. The van der Waals surface area contributed by atoms with E-state index in [2.05, 4.69) is 10.1 Å². The van der Waals surface area contributed by atoms with Crippen LogP contribution in [0.1, 0.15) is 10.4 Å². The van der Waals surface area contributed by atoms with Crippen molar-refractivity contribution in [3.63, 3.8) is 0 Å². The molecule has 0 amide bonds. The number of hydrogen-bond acceptors (Lipinski definition) is 4. The third-order valence-electron chi connectivity index (χ3n) is 2.57. The summed E-state index contributed by atoms with van der Waals surface area (Å²) in [4.78, 5) is 11.5. The molecule has 0 radical (unpaired) electrons. The molecule has 0 heterocycles. The average molecular weight is 260 g/mol. The minimum atomic E-state index is -0.514. The highest BCUT2D eigenvalue weighted by Gasteiger charge is 2.10. The summed E-state index contributed by atoms with van der Waals surface area (Å²) < 4.78 is 17.7. The van der Waals surface area contributed by atoms with E-state index in [1.165, 1.54) is 19.2 Å². The summed E-state index contributed by atoms with van der Waals surface area (Å²) in [6, 6.07) is 10.9. The Kier molecular flexibility index (Phi) is 3.66. The molecule has 0 aromatic heterocycles. The van der Waals surface area contributed by atoms with Crippen molar-refractivity contribution in [1.29, 1.82) is 0 Å². The Hall–Kier alpha value is -2.56. The fourth-order valence-corrected chi connectivity index (χ4v) is 1.65. The number of hydrogen-bond donors (Lipinski definition) is 2. The van der Waals surface area contributed by atoms with Gasteiger partial charge in [0.1, 0.15) is 5.82 Å². The smallest absolute Gasteiger partial charge is 0.340 e. The van der Waals surface area contributed by atoms with Gasteiger partial charge in [-0.05, 0) is 36.4 Å². The number of carbonyl (C=O) groups excluding carboxylic acids is 1. The number of rotatable bonds is 3. The molecule has 0 bridgehead atoms. The number of anilines is 3. The van der Waals surface area contributed by atoms with Crippen LogP contribution in [0.4, 0.5) is 21.5 Å². The zero-order valence-electron chi connectivity index (χ0n) is 10.3. The van der Waals surface area contributed by atoms with E-state index in [0.29, 0.717) is 17.1 Å². The summed E-state index contributed by atoms with van der Waals surface area (Å²) in [5.41, 5.74) is 7.50. The summed E-state index contributed by atoms with van der Waals surface area (Å²) in [7, 11) is 1.29. The third kappa shape index (κ3) is 3.01. The molecule has 4 nitrogen and oxygen atoms in total. The number of nitrogens with one attached hydrogen (secondary N) is 1. The molecule has 98 valence electrons. The lowest BCUT2D eigenvalue weighted by molar-refractivity contribution is 0.0602. The Morgan fingerprint density at radius 2 is 1.95 bits per heavy atom. The second-order valence-electron chi connectivity index (χ2n) is 3.93. The first-order valence-electron chi connectivity index (χ1n) is 5.60. The lowest BCUT2D eigenvalue weighted by Gasteiger charge is -2.09. The standard InChI is InChI=1S/C14H13FN2O2/c1-19-14(18)12-8-11(5-6-13(12)16)17-10-4-2-3-9(15)7-10/h2-8,17H,16H2,1H3. The van der Waals surface area contributed by atoms with Gasteiger partial charge in [-0.1, -0.05) is 6.07 Å². The quantitative estimate of drug-likeness (QED) is 0.658. The van der Waals surface area contributed by atoms with E-state index < -0.39 is 5.97 Å². The molecule has 0 aliphatic carbocycles. The third-order valence-corrected chi connectivity index (χ3v) is 2.57. The Balaban J connectivity index is 2.29. The van der Waals surface area contributed by atoms with Crippen LogP contribution in [-0.4, -0.2) is 13.1 Å². The summed E-state index contributed by atoms with van der Waals surface area (Å²) in [6.45, 7) is 0. The molecule has 19 heavy (non-hydrogen) atoms. The fraction of sp³-hybridized carbons (Fsp3) is 0.0714. The monoisotopic (exact) mass is 260 g/mol. The van der Waals surface area contributed by atoms with E-state index in [1.54, 1.807) is 30.3 Å². The van der Waals surface area contributed by atoms with Crippen molar-refractivity contribution in [1.82, 2.24) is 0 Å². The van der Waals surface area contributed by atoms with Crippen LogP contribution >= 0.6 is 0 Å². The van der Waals surface area contributed by atoms with Gasteiger partial charge in [0.05, 0.1) is 12.7 Å². The van der Waals surface area contributed by atoms with E-state index in [9.17, 15) is 9.18 Å². The molecule has 0 aliphatic heterocycles. The Bertz CT molecular complexity index is 614. The van der Waals surface area contributed by atoms with E-state index in [4.69, 9.17) is 5.73 Å². The number of esters is 1. The van der Waals surface area contributed by atoms with Crippen molar-refractivity contribution in [3.05, 3.63) is 53.8 Å². The van der Waals surface area contributed by atoms with Gasteiger partial charge in [0.15, 0.2) is 0 Å². The van der Waals surface area contributed by atoms with Crippen molar-refractivity contribution >= 4 is 23.0 Å². The van der Waals surface area contributed by atoms with Gasteiger partial charge < -0.3 is 15.8 Å². The van der Waals surface area contributed by atoms with Crippen molar-refractivity contribution in [2.75, 3.05) is 18.2 Å². The van der Waals surface area contributed by atoms with Crippen molar-refractivity contribution in [3.8, 4) is 0 Å². The molecular weight excluding hydrogens is 247 g/mol. The molecule has 0 spiro atoms. The van der Waals surface area contributed by atoms with Crippen LogP contribution < -0.4 is 11.1 Å². The largest absolute Gasteiger partial charge is 0.465 e. The van der Waals surface area contributed by atoms with Crippen LogP contribution in [0.2, 0.25) is 0 Å². The molecule has 0 atom stereocenters. The molecule has 5 heteroatoms. The predicted octanol–water partition coefficient (Wildman–Crippen LogP) is 2.94. The summed E-state index contributed by atoms with van der Waals surface area (Å²) >= 11 is 0. The highest BCUT2D eigenvalue weighted by atomic mass is 19.1. The second-order valence-corrected chi connectivity index (χ2v) is 3.93. The molecule has 0 fully saturated rings. The van der Waals surface area contributed by atoms with Crippen LogP contribution in [0, 0.1) is 5.82 Å². The first kappa shape index (κ1) is 12.9. The van der Waals surface area contributed by atoms with Crippen LogP contribution in [0.25, 0.3) is 0 Å².